The van der Waals surface area contributed by atoms with Crippen molar-refractivity contribution in [1.82, 2.24) is 15.1 Å². The fraction of sp³-hybridized carbons (Fsp3) is 0.609. The maximum atomic E-state index is 12.6. The van der Waals surface area contributed by atoms with Gasteiger partial charge in [-0.1, -0.05) is 94.0 Å². The first kappa shape index (κ1) is 22.7. The molecule has 2 heterocycles. The number of imide groups is 1. The zero-order valence-electron chi connectivity index (χ0n) is 18.2. The van der Waals surface area contributed by atoms with E-state index in [0.29, 0.717) is 6.54 Å². The summed E-state index contributed by atoms with van der Waals surface area (Å²) in [5.74, 6) is 0.725. The van der Waals surface area contributed by atoms with Gasteiger partial charge in [-0.3, -0.25) is 10.1 Å². The van der Waals surface area contributed by atoms with Gasteiger partial charge in [-0.15, -0.1) is 0 Å². The maximum absolute atomic E-state index is 12.6. The van der Waals surface area contributed by atoms with Gasteiger partial charge in [0.25, 0.3) is 5.91 Å². The van der Waals surface area contributed by atoms with Gasteiger partial charge in [-0.2, -0.15) is 0 Å². The van der Waals surface area contributed by atoms with E-state index in [4.69, 9.17) is 4.99 Å². The van der Waals surface area contributed by atoms with E-state index < -0.39 is 12.2 Å². The second-order valence-corrected chi connectivity index (χ2v) is 9.17. The zero-order chi connectivity index (χ0) is 21.3. The number of carbonyl (C=O) groups excluding carboxylic acids is 2. The first-order valence-electron chi connectivity index (χ1n) is 11.2. The summed E-state index contributed by atoms with van der Waals surface area (Å²) in [5, 5.41) is 3.33. The van der Waals surface area contributed by atoms with Gasteiger partial charge in [0.05, 0.1) is 0 Å². The third kappa shape index (κ3) is 5.78. The van der Waals surface area contributed by atoms with Gasteiger partial charge in [0.1, 0.15) is 0 Å². The van der Waals surface area contributed by atoms with Crippen LogP contribution in [0.2, 0.25) is 0 Å². The number of carbonyl (C=O) groups is 2. The van der Waals surface area contributed by atoms with Crippen LogP contribution in [0, 0.1) is 0 Å². The molecule has 2 aliphatic rings. The highest BCUT2D eigenvalue weighted by Gasteiger charge is 2.48. The van der Waals surface area contributed by atoms with Crippen molar-refractivity contribution < 1.29 is 9.59 Å². The van der Waals surface area contributed by atoms with E-state index in [2.05, 4.69) is 29.3 Å². The van der Waals surface area contributed by atoms with Crippen LogP contribution < -0.4 is 5.32 Å². The Morgan fingerprint density at radius 2 is 1.67 bits per heavy atom. The van der Waals surface area contributed by atoms with Gasteiger partial charge >= 0.3 is 6.03 Å². The first-order chi connectivity index (χ1) is 14.6. The van der Waals surface area contributed by atoms with Crippen LogP contribution in [-0.4, -0.2) is 51.9 Å². The maximum Gasteiger partial charge on any atom is 0.325 e. The van der Waals surface area contributed by atoms with Crippen molar-refractivity contribution >= 4 is 28.9 Å². The molecular formula is C23H34N4O2S. The monoisotopic (exact) mass is 430 g/mol. The fourth-order valence-corrected chi connectivity index (χ4v) is 5.02. The van der Waals surface area contributed by atoms with Crippen molar-refractivity contribution in [2.24, 2.45) is 4.99 Å². The number of rotatable bonds is 11. The molecule has 1 aromatic carbocycles. The lowest BCUT2D eigenvalue weighted by Gasteiger charge is -2.36. The smallest absolute Gasteiger partial charge is 0.325 e. The number of nitrogens with zero attached hydrogens (tertiary/aromatic N) is 3. The number of nitrogens with one attached hydrogen (secondary N) is 1. The summed E-state index contributed by atoms with van der Waals surface area (Å²) in [6.07, 6.45) is 9.88. The van der Waals surface area contributed by atoms with Crippen molar-refractivity contribution in [3.05, 3.63) is 35.9 Å². The number of aliphatic imine (C=N–C) groups is 1. The summed E-state index contributed by atoms with van der Waals surface area (Å²) in [5.41, 5.74) is 1.13. The molecule has 7 heteroatoms. The number of amides is 3. The SMILES string of the molecule is CCCCCCCCCCSC1=NC2C(C(=O)NC(=O)N2C)N1Cc1ccccc1. The summed E-state index contributed by atoms with van der Waals surface area (Å²) >= 11 is 1.71. The molecule has 0 saturated carbocycles. The molecule has 0 bridgehead atoms. The molecule has 1 N–H and O–H groups in total. The lowest BCUT2D eigenvalue weighted by atomic mass is 10.1. The number of urea groups is 1. The van der Waals surface area contributed by atoms with E-state index in [1.807, 2.05) is 18.2 Å². The van der Waals surface area contributed by atoms with E-state index in [9.17, 15) is 9.59 Å². The quantitative estimate of drug-likeness (QED) is 0.521. The Morgan fingerprint density at radius 3 is 2.37 bits per heavy atom. The van der Waals surface area contributed by atoms with Gasteiger partial charge in [-0.05, 0) is 12.0 Å². The summed E-state index contributed by atoms with van der Waals surface area (Å²) in [4.78, 5) is 33.0. The Morgan fingerprint density at radius 1 is 1.00 bits per heavy atom. The fourth-order valence-electron chi connectivity index (χ4n) is 3.97. The normalized spacial score (nSPS) is 20.9. The van der Waals surface area contributed by atoms with Crippen LogP contribution in [-0.2, 0) is 11.3 Å². The number of unbranched alkanes of at least 4 members (excludes halogenated alkanes) is 7. The van der Waals surface area contributed by atoms with Crippen molar-refractivity contribution in [2.45, 2.75) is 77.0 Å². The predicted octanol–water partition coefficient (Wildman–Crippen LogP) is 4.61. The zero-order valence-corrected chi connectivity index (χ0v) is 19.0. The average Bonchev–Trinajstić information content (AvgIpc) is 3.10. The number of benzene rings is 1. The Bertz CT molecular complexity index is 740. The Labute approximate surface area is 184 Å². The molecule has 0 radical (unpaired) electrons. The molecule has 2 atom stereocenters. The van der Waals surface area contributed by atoms with Gasteiger partial charge in [-0.25, -0.2) is 9.79 Å². The number of fused-ring (bicyclic) bond motifs is 1. The lowest BCUT2D eigenvalue weighted by molar-refractivity contribution is -0.127. The highest BCUT2D eigenvalue weighted by Crippen LogP contribution is 2.30. The third-order valence-corrected chi connectivity index (χ3v) is 6.84. The third-order valence-electron chi connectivity index (χ3n) is 5.75. The number of likely N-dealkylation sites (N-methyl/N-ethyl adjacent to an activating group) is 1. The van der Waals surface area contributed by atoms with E-state index in [0.717, 1.165) is 22.9 Å². The van der Waals surface area contributed by atoms with Gasteiger partial charge in [0.15, 0.2) is 17.4 Å². The van der Waals surface area contributed by atoms with Crippen molar-refractivity contribution in [2.75, 3.05) is 12.8 Å². The minimum Gasteiger partial charge on any atom is -0.331 e. The summed E-state index contributed by atoms with van der Waals surface area (Å²) in [7, 11) is 1.70. The number of thioether (sulfide) groups is 1. The lowest BCUT2D eigenvalue weighted by Crippen LogP contribution is -2.63. The highest BCUT2D eigenvalue weighted by molar-refractivity contribution is 8.13. The topological polar surface area (TPSA) is 65.0 Å². The molecule has 3 amide bonds. The van der Waals surface area contributed by atoms with E-state index >= 15 is 0 Å². The van der Waals surface area contributed by atoms with Crippen LogP contribution in [0.4, 0.5) is 4.79 Å². The van der Waals surface area contributed by atoms with Crippen LogP contribution in [0.5, 0.6) is 0 Å². The standard InChI is InChI=1S/C23H34N4O2S/c1-3-4-5-6-7-8-9-13-16-30-23-24-20-19(21(28)25-22(29)26(20)2)27(23)17-18-14-11-10-12-15-18/h10-12,14-15,19-20H,3-9,13,16-17H2,1-2H3,(H,25,28,29). The van der Waals surface area contributed by atoms with Crippen molar-refractivity contribution in [3.63, 3.8) is 0 Å². The Hall–Kier alpha value is -2.02. The minimum absolute atomic E-state index is 0.259. The van der Waals surface area contributed by atoms with Crippen LogP contribution in [0.1, 0.15) is 63.9 Å². The molecule has 30 heavy (non-hydrogen) atoms. The molecule has 3 rings (SSSR count). The molecule has 2 aliphatic heterocycles. The molecule has 0 aliphatic carbocycles. The summed E-state index contributed by atoms with van der Waals surface area (Å²) in [6, 6.07) is 9.27. The molecule has 6 nitrogen and oxygen atoms in total. The largest absolute Gasteiger partial charge is 0.331 e. The minimum atomic E-state index is -0.464. The molecule has 0 spiro atoms. The number of hydrogen-bond acceptors (Lipinski definition) is 5. The van der Waals surface area contributed by atoms with E-state index in [-0.39, 0.29) is 11.9 Å². The number of hydrogen-bond donors (Lipinski definition) is 1. The molecule has 164 valence electrons. The second-order valence-electron chi connectivity index (χ2n) is 8.11. The van der Waals surface area contributed by atoms with Crippen molar-refractivity contribution in [3.8, 4) is 0 Å². The summed E-state index contributed by atoms with van der Waals surface area (Å²) < 4.78 is 0. The highest BCUT2D eigenvalue weighted by atomic mass is 32.2. The van der Waals surface area contributed by atoms with Gasteiger partial charge < -0.3 is 9.80 Å². The summed E-state index contributed by atoms with van der Waals surface area (Å²) in [6.45, 7) is 2.86. The van der Waals surface area contributed by atoms with Crippen LogP contribution in [0.25, 0.3) is 0 Å². The molecule has 1 aromatic rings. The van der Waals surface area contributed by atoms with E-state index in [1.54, 1.807) is 18.8 Å². The van der Waals surface area contributed by atoms with Crippen LogP contribution >= 0.6 is 11.8 Å². The Kier molecular flexibility index (Phi) is 8.61. The average molecular weight is 431 g/mol. The van der Waals surface area contributed by atoms with Gasteiger partial charge in [0, 0.05) is 19.3 Å². The predicted molar refractivity (Wildman–Crippen MR) is 123 cm³/mol. The van der Waals surface area contributed by atoms with Crippen LogP contribution in [0.15, 0.2) is 35.3 Å². The van der Waals surface area contributed by atoms with Crippen molar-refractivity contribution in [1.29, 1.82) is 0 Å². The Balaban J connectivity index is 1.56. The van der Waals surface area contributed by atoms with E-state index in [1.165, 1.54) is 49.8 Å². The molecule has 1 fully saturated rings. The molecule has 2 unspecified atom stereocenters. The molecule has 1 saturated heterocycles. The second kappa shape index (κ2) is 11.4. The first-order valence-corrected chi connectivity index (χ1v) is 12.2. The van der Waals surface area contributed by atoms with Crippen LogP contribution in [0.3, 0.4) is 0 Å². The molecular weight excluding hydrogens is 396 g/mol. The molecule has 0 aromatic heterocycles. The van der Waals surface area contributed by atoms with Gasteiger partial charge in [0.2, 0.25) is 0 Å². The number of amidine groups is 1.